The largest absolute Gasteiger partial charge is 0.295 e. The molecular weight excluding hydrogens is 310 g/mol. The van der Waals surface area contributed by atoms with Crippen molar-refractivity contribution in [3.8, 4) is 0 Å². The fourth-order valence-corrected chi connectivity index (χ4v) is 2.86. The molecule has 1 unspecified atom stereocenters. The van der Waals surface area contributed by atoms with Crippen LogP contribution in [0.1, 0.15) is 16.8 Å². The van der Waals surface area contributed by atoms with E-state index in [-0.39, 0.29) is 11.1 Å². The summed E-state index contributed by atoms with van der Waals surface area (Å²) in [4.78, 5) is 22.3. The van der Waals surface area contributed by atoms with E-state index in [0.717, 1.165) is 12.2 Å². The maximum Gasteiger partial charge on any atom is 0.295 e. The molecule has 0 saturated heterocycles. The number of carbonyl (C=O) groups excluding carboxylic acids is 1. The van der Waals surface area contributed by atoms with Gasteiger partial charge in [-0.3, -0.25) is 20.6 Å². The van der Waals surface area contributed by atoms with Gasteiger partial charge in [0, 0.05) is 22.1 Å². The molecule has 1 aromatic carbocycles. The second kappa shape index (κ2) is 5.44. The summed E-state index contributed by atoms with van der Waals surface area (Å²) in [7, 11) is -4.21. The van der Waals surface area contributed by atoms with Crippen LogP contribution in [0, 0.1) is 10.1 Å². The average Bonchev–Trinajstić information content (AvgIpc) is 2.46. The first-order valence-corrected chi connectivity index (χ1v) is 7.68. The zero-order valence-electron chi connectivity index (χ0n) is 11.3. The number of carbonyl (C=O) groups is 1. The number of hydrogen-bond acceptors (Lipinski definition) is 6. The predicted octanol–water partition coefficient (Wildman–Crippen LogP) is 0.304. The molecule has 116 valence electrons. The lowest BCUT2D eigenvalue weighted by Crippen LogP contribution is -2.48. The molecule has 1 aliphatic rings. The third-order valence-corrected chi connectivity index (χ3v) is 4.23. The first kappa shape index (κ1) is 16.0. The van der Waals surface area contributed by atoms with Crippen molar-refractivity contribution < 1.29 is 18.1 Å². The summed E-state index contributed by atoms with van der Waals surface area (Å²) in [6, 6.07) is 7.80. The summed E-state index contributed by atoms with van der Waals surface area (Å²) < 4.78 is 23.2. The number of sulfonamides is 1. The molecule has 0 heterocycles. The minimum Gasteiger partial charge on any atom is -0.289 e. The first-order valence-electron chi connectivity index (χ1n) is 6.13. The van der Waals surface area contributed by atoms with Crippen LogP contribution in [-0.2, 0) is 10.0 Å². The molecule has 0 radical (unpaired) electrons. The van der Waals surface area contributed by atoms with Gasteiger partial charge in [-0.15, -0.1) is 0 Å². The molecule has 1 aromatic rings. The van der Waals surface area contributed by atoms with Crippen LogP contribution in [0.4, 0.5) is 0 Å². The van der Waals surface area contributed by atoms with E-state index < -0.39 is 37.7 Å². The van der Waals surface area contributed by atoms with Gasteiger partial charge >= 0.3 is 0 Å². The Hall–Kier alpha value is -2.36. The third kappa shape index (κ3) is 2.96. The molecule has 0 amide bonds. The maximum absolute atomic E-state index is 12.5. The van der Waals surface area contributed by atoms with Crippen LogP contribution >= 0.6 is 0 Å². The molecule has 22 heavy (non-hydrogen) atoms. The summed E-state index contributed by atoms with van der Waals surface area (Å²) in [6.07, 6.45) is 1.28. The molecule has 0 spiro atoms. The number of nitrogens with zero attached hydrogens (tertiary/aromatic N) is 1. The van der Waals surface area contributed by atoms with Gasteiger partial charge in [-0.2, -0.15) is 0 Å². The highest BCUT2D eigenvalue weighted by atomic mass is 32.2. The van der Waals surface area contributed by atoms with Crippen LogP contribution in [0.2, 0.25) is 0 Å². The Balaban J connectivity index is 2.59. The number of allylic oxidation sites excluding steroid dienone is 1. The molecular formula is C13H13N3O5S. The number of ketones is 1. The fourth-order valence-electron chi connectivity index (χ4n) is 2.10. The smallest absolute Gasteiger partial charge is 0.289 e. The van der Waals surface area contributed by atoms with Crippen molar-refractivity contribution in [1.29, 1.82) is 0 Å². The standard InChI is InChI=1S/C13H13N3O5S/c14-13(16(18)19)7-6-11(22(15,20)21)10(8-13)12(17)9-4-2-1-3-5-9/h1-7H,8,14H2,(H2,15,20,21). The van der Waals surface area contributed by atoms with Gasteiger partial charge in [0.2, 0.25) is 10.0 Å². The van der Waals surface area contributed by atoms with Crippen LogP contribution in [0.5, 0.6) is 0 Å². The lowest BCUT2D eigenvalue weighted by Gasteiger charge is -2.23. The molecule has 0 fully saturated rings. The Bertz CT molecular complexity index is 798. The third-order valence-electron chi connectivity index (χ3n) is 3.24. The quantitative estimate of drug-likeness (QED) is 0.352. The number of primary sulfonamides is 1. The molecule has 2 rings (SSSR count). The minimum absolute atomic E-state index is 0.194. The molecule has 0 aliphatic heterocycles. The lowest BCUT2D eigenvalue weighted by molar-refractivity contribution is -0.553. The zero-order valence-corrected chi connectivity index (χ0v) is 12.1. The summed E-state index contributed by atoms with van der Waals surface area (Å²) >= 11 is 0. The van der Waals surface area contributed by atoms with Crippen LogP contribution < -0.4 is 10.9 Å². The maximum atomic E-state index is 12.5. The van der Waals surface area contributed by atoms with E-state index in [1.165, 1.54) is 12.1 Å². The van der Waals surface area contributed by atoms with Gasteiger partial charge in [-0.25, -0.2) is 13.6 Å². The van der Waals surface area contributed by atoms with Gasteiger partial charge in [-0.1, -0.05) is 30.3 Å². The Morgan fingerprint density at radius 1 is 1.27 bits per heavy atom. The minimum atomic E-state index is -4.21. The van der Waals surface area contributed by atoms with E-state index in [2.05, 4.69) is 0 Å². The van der Waals surface area contributed by atoms with Gasteiger partial charge in [0.25, 0.3) is 5.66 Å². The monoisotopic (exact) mass is 323 g/mol. The molecule has 0 saturated carbocycles. The van der Waals surface area contributed by atoms with Crippen molar-refractivity contribution in [2.45, 2.75) is 12.1 Å². The van der Waals surface area contributed by atoms with Crippen molar-refractivity contribution >= 4 is 15.8 Å². The van der Waals surface area contributed by atoms with E-state index in [1.807, 2.05) is 0 Å². The lowest BCUT2D eigenvalue weighted by atomic mass is 9.90. The Kier molecular flexibility index (Phi) is 3.96. The normalized spacial score (nSPS) is 21.7. The van der Waals surface area contributed by atoms with E-state index in [9.17, 15) is 23.3 Å². The molecule has 1 atom stereocenters. The van der Waals surface area contributed by atoms with E-state index in [4.69, 9.17) is 10.9 Å². The number of nitro groups is 1. The van der Waals surface area contributed by atoms with E-state index in [0.29, 0.717) is 0 Å². The van der Waals surface area contributed by atoms with Crippen molar-refractivity contribution in [2.24, 2.45) is 10.9 Å². The highest BCUT2D eigenvalue weighted by Gasteiger charge is 2.42. The number of rotatable bonds is 4. The van der Waals surface area contributed by atoms with Crippen molar-refractivity contribution in [2.75, 3.05) is 0 Å². The fraction of sp³-hybridized carbons (Fsp3) is 0.154. The molecule has 0 bridgehead atoms. The van der Waals surface area contributed by atoms with Gasteiger partial charge in [0.1, 0.15) is 0 Å². The van der Waals surface area contributed by atoms with Crippen molar-refractivity contribution in [1.82, 2.24) is 0 Å². The number of Topliss-reactive ketones (excluding diaryl/α,β-unsaturated/α-hetero) is 1. The Morgan fingerprint density at radius 2 is 1.86 bits per heavy atom. The molecule has 1 aliphatic carbocycles. The van der Waals surface area contributed by atoms with Gasteiger partial charge in [-0.05, 0) is 6.08 Å². The van der Waals surface area contributed by atoms with E-state index >= 15 is 0 Å². The summed E-state index contributed by atoms with van der Waals surface area (Å²) in [5.41, 5.74) is 3.46. The highest BCUT2D eigenvalue weighted by molar-refractivity contribution is 7.93. The van der Waals surface area contributed by atoms with Crippen LogP contribution in [-0.4, -0.2) is 24.8 Å². The zero-order chi connectivity index (χ0) is 16.5. The average molecular weight is 323 g/mol. The SMILES string of the molecule is NC1([N+](=O)[O-])C=CC(S(N)(=O)=O)=C(C(=O)c2ccccc2)C1. The molecule has 9 heteroatoms. The predicted molar refractivity (Wildman–Crippen MR) is 78.6 cm³/mol. The van der Waals surface area contributed by atoms with Crippen LogP contribution in [0.15, 0.2) is 53.0 Å². The Labute approximate surface area is 126 Å². The highest BCUT2D eigenvalue weighted by Crippen LogP contribution is 2.30. The number of benzene rings is 1. The Morgan fingerprint density at radius 3 is 2.36 bits per heavy atom. The molecule has 0 aromatic heterocycles. The van der Waals surface area contributed by atoms with Gasteiger partial charge in [0.15, 0.2) is 5.78 Å². The summed E-state index contributed by atoms with van der Waals surface area (Å²) in [6.45, 7) is 0. The van der Waals surface area contributed by atoms with Crippen molar-refractivity contribution in [3.05, 3.63) is 68.6 Å². The van der Waals surface area contributed by atoms with Crippen molar-refractivity contribution in [3.63, 3.8) is 0 Å². The van der Waals surface area contributed by atoms with Crippen LogP contribution in [0.25, 0.3) is 0 Å². The first-order chi connectivity index (χ1) is 10.1. The van der Waals surface area contributed by atoms with E-state index in [1.54, 1.807) is 18.2 Å². The summed E-state index contributed by atoms with van der Waals surface area (Å²) in [5, 5.41) is 16.1. The second-order valence-corrected chi connectivity index (χ2v) is 6.37. The molecule has 4 N–H and O–H groups in total. The number of nitrogens with two attached hydrogens (primary N) is 2. The molecule has 8 nitrogen and oxygen atoms in total. The van der Waals surface area contributed by atoms with Gasteiger partial charge in [0.05, 0.1) is 11.3 Å². The second-order valence-electron chi connectivity index (χ2n) is 4.84. The van der Waals surface area contributed by atoms with Crippen LogP contribution in [0.3, 0.4) is 0 Å². The number of hydrogen-bond donors (Lipinski definition) is 2. The summed E-state index contributed by atoms with van der Waals surface area (Å²) in [5.74, 6) is -0.661. The topological polar surface area (TPSA) is 146 Å². The van der Waals surface area contributed by atoms with Gasteiger partial charge < -0.3 is 0 Å².